The Morgan fingerprint density at radius 3 is 2.14 bits per heavy atom. The van der Waals surface area contributed by atoms with Crippen molar-refractivity contribution in [3.8, 4) is 0 Å². The Bertz CT molecular complexity index is 1650. The highest BCUT2D eigenvalue weighted by Gasteiger charge is 2.40. The molecule has 0 saturated heterocycles. The summed E-state index contributed by atoms with van der Waals surface area (Å²) in [5.74, 6) is -1.25. The van der Waals surface area contributed by atoms with Crippen LogP contribution in [0, 0.1) is 0 Å². The van der Waals surface area contributed by atoms with E-state index in [1.54, 1.807) is 29.2 Å². The van der Waals surface area contributed by atoms with Gasteiger partial charge in [0.25, 0.3) is 11.8 Å². The Kier molecular flexibility index (Phi) is 7.33. The first-order valence-electron chi connectivity index (χ1n) is 14.6. The first kappa shape index (κ1) is 27.4. The van der Waals surface area contributed by atoms with Gasteiger partial charge in [0, 0.05) is 40.4 Å². The van der Waals surface area contributed by atoms with Crippen molar-refractivity contribution >= 4 is 45.8 Å². The number of carbonyl (C=O) groups excluding carboxylic acids is 4. The second kappa shape index (κ2) is 11.2. The maximum absolute atomic E-state index is 14.3. The number of unbranched alkanes of at least 4 members (excludes halogenated alkanes) is 1. The van der Waals surface area contributed by atoms with Crippen LogP contribution in [0.25, 0.3) is 10.8 Å². The molecule has 0 radical (unpaired) electrons. The predicted octanol–water partition coefficient (Wildman–Crippen LogP) is 6.53. The third kappa shape index (κ3) is 4.65. The summed E-state index contributed by atoms with van der Waals surface area (Å²) < 4.78 is 0. The minimum atomic E-state index is -0.476. The van der Waals surface area contributed by atoms with Gasteiger partial charge in [-0.3, -0.25) is 24.1 Å². The minimum absolute atomic E-state index is 0.0742. The average Bonchev–Trinajstić information content (AvgIpc) is 3.01. The molecule has 2 aliphatic rings. The topological polar surface area (TPSA) is 78.0 Å². The number of imide groups is 1. The number of fused-ring (bicyclic) bond motifs is 1. The quantitative estimate of drug-likeness (QED) is 0.241. The Labute approximate surface area is 245 Å². The van der Waals surface area contributed by atoms with E-state index in [0.29, 0.717) is 35.0 Å². The van der Waals surface area contributed by atoms with Crippen molar-refractivity contribution in [2.75, 3.05) is 16.3 Å². The van der Waals surface area contributed by atoms with E-state index >= 15 is 0 Å². The van der Waals surface area contributed by atoms with Crippen LogP contribution >= 0.6 is 0 Å². The Hall–Kier alpha value is -4.78. The maximum Gasteiger partial charge on any atom is 0.261 e. The number of anilines is 2. The van der Waals surface area contributed by atoms with Crippen molar-refractivity contribution in [3.63, 3.8) is 0 Å². The first-order chi connectivity index (χ1) is 20.4. The molecule has 7 nitrogen and oxygen atoms in total. The van der Waals surface area contributed by atoms with Gasteiger partial charge in [0.15, 0.2) is 0 Å². The molecule has 42 heavy (non-hydrogen) atoms. The van der Waals surface area contributed by atoms with Crippen molar-refractivity contribution in [2.45, 2.75) is 51.6 Å². The van der Waals surface area contributed by atoms with Crippen LogP contribution in [-0.4, -0.2) is 41.1 Å². The largest absolute Gasteiger partial charge is 0.309 e. The van der Waals surface area contributed by atoms with Crippen molar-refractivity contribution in [3.05, 3.63) is 108 Å². The van der Waals surface area contributed by atoms with Crippen LogP contribution in [0.5, 0.6) is 0 Å². The minimum Gasteiger partial charge on any atom is -0.309 e. The van der Waals surface area contributed by atoms with E-state index in [-0.39, 0.29) is 17.9 Å². The SMILES string of the molecule is CCCCC(=O)N1c2ccccc2[C@@H](N(C(=O)CN2C(=O)c3cccc4cccc(c34)C2=O)c2ccccc2)C[C@H]1C. The molecule has 0 saturated carbocycles. The molecule has 4 amide bonds. The number of rotatable bonds is 7. The van der Waals surface area contributed by atoms with Crippen LogP contribution in [0.4, 0.5) is 11.4 Å². The van der Waals surface area contributed by atoms with Crippen LogP contribution < -0.4 is 9.80 Å². The normalized spacial score (nSPS) is 17.8. The van der Waals surface area contributed by atoms with Crippen molar-refractivity contribution in [2.24, 2.45) is 0 Å². The van der Waals surface area contributed by atoms with Gasteiger partial charge < -0.3 is 9.80 Å². The molecule has 0 bridgehead atoms. The highest BCUT2D eigenvalue weighted by Crippen LogP contribution is 2.43. The number of carbonyl (C=O) groups is 4. The van der Waals surface area contributed by atoms with E-state index in [2.05, 4.69) is 6.92 Å². The standard InChI is InChI=1S/C35H33N3O4/c1-3-4-20-31(39)37-23(2)21-30(26-16-8-9-19-29(26)37)38(25-14-6-5-7-15-25)32(40)22-36-34(41)27-17-10-12-24-13-11-18-28(33(24)27)35(36)42/h5-19,23,30H,3-4,20-22H2,1-2H3/t23-,30+/m1/s1. The molecule has 0 aromatic heterocycles. The van der Waals surface area contributed by atoms with Crippen LogP contribution in [0.15, 0.2) is 91.0 Å². The van der Waals surface area contributed by atoms with Gasteiger partial charge in [-0.1, -0.05) is 74.0 Å². The second-order valence-electron chi connectivity index (χ2n) is 11.0. The van der Waals surface area contributed by atoms with Gasteiger partial charge in [0.05, 0.1) is 6.04 Å². The second-order valence-corrected chi connectivity index (χ2v) is 11.0. The first-order valence-corrected chi connectivity index (χ1v) is 14.6. The van der Waals surface area contributed by atoms with Crippen LogP contribution in [-0.2, 0) is 9.59 Å². The zero-order valence-corrected chi connectivity index (χ0v) is 23.8. The molecule has 7 heteroatoms. The molecule has 0 unspecified atom stereocenters. The zero-order chi connectivity index (χ0) is 29.4. The van der Waals surface area contributed by atoms with E-state index in [4.69, 9.17) is 0 Å². The molecule has 2 atom stereocenters. The monoisotopic (exact) mass is 559 g/mol. The van der Waals surface area contributed by atoms with E-state index in [1.807, 2.05) is 78.6 Å². The molecule has 2 heterocycles. The summed E-state index contributed by atoms with van der Waals surface area (Å²) in [5.41, 5.74) is 3.16. The van der Waals surface area contributed by atoms with E-state index in [1.165, 1.54) is 0 Å². The number of hydrogen-bond acceptors (Lipinski definition) is 4. The van der Waals surface area contributed by atoms with Gasteiger partial charge >= 0.3 is 0 Å². The molecule has 4 aromatic rings. The van der Waals surface area contributed by atoms with Gasteiger partial charge in [-0.15, -0.1) is 0 Å². The lowest BCUT2D eigenvalue weighted by atomic mass is 9.89. The summed E-state index contributed by atoms with van der Waals surface area (Å²) in [6, 6.07) is 27.2. The summed E-state index contributed by atoms with van der Waals surface area (Å²) in [5, 5.41) is 1.44. The fourth-order valence-electron chi connectivity index (χ4n) is 6.38. The average molecular weight is 560 g/mol. The molecular formula is C35H33N3O4. The molecule has 0 N–H and O–H groups in total. The van der Waals surface area contributed by atoms with Crippen molar-refractivity contribution in [1.82, 2.24) is 4.90 Å². The smallest absolute Gasteiger partial charge is 0.261 e. The maximum atomic E-state index is 14.3. The summed E-state index contributed by atoms with van der Waals surface area (Å²) in [4.78, 5) is 59.5. The zero-order valence-electron chi connectivity index (χ0n) is 23.8. The number of hydrogen-bond donors (Lipinski definition) is 0. The third-order valence-corrected chi connectivity index (χ3v) is 8.34. The fraction of sp³-hybridized carbons (Fsp3) is 0.257. The van der Waals surface area contributed by atoms with Gasteiger partial charge in [-0.25, -0.2) is 0 Å². The number of para-hydroxylation sites is 2. The van der Waals surface area contributed by atoms with Gasteiger partial charge in [-0.2, -0.15) is 0 Å². The highest BCUT2D eigenvalue weighted by molar-refractivity contribution is 6.26. The third-order valence-electron chi connectivity index (χ3n) is 8.34. The van der Waals surface area contributed by atoms with E-state index < -0.39 is 24.4 Å². The molecule has 0 fully saturated rings. The summed E-state index contributed by atoms with van der Waals surface area (Å²) >= 11 is 0. The van der Waals surface area contributed by atoms with Crippen molar-refractivity contribution in [1.29, 1.82) is 0 Å². The molecular weight excluding hydrogens is 526 g/mol. The van der Waals surface area contributed by atoms with Crippen LogP contribution in [0.3, 0.4) is 0 Å². The van der Waals surface area contributed by atoms with Crippen LogP contribution in [0.2, 0.25) is 0 Å². The van der Waals surface area contributed by atoms with E-state index in [9.17, 15) is 19.2 Å². The molecule has 0 spiro atoms. The summed E-state index contributed by atoms with van der Waals surface area (Å²) in [7, 11) is 0. The highest BCUT2D eigenvalue weighted by atomic mass is 16.2. The van der Waals surface area contributed by atoms with Gasteiger partial charge in [0.2, 0.25) is 11.8 Å². The van der Waals surface area contributed by atoms with Crippen molar-refractivity contribution < 1.29 is 19.2 Å². The molecule has 2 aliphatic heterocycles. The Morgan fingerprint density at radius 2 is 1.48 bits per heavy atom. The van der Waals surface area contributed by atoms with Gasteiger partial charge in [0.1, 0.15) is 6.54 Å². The Morgan fingerprint density at radius 1 is 0.833 bits per heavy atom. The van der Waals surface area contributed by atoms with Gasteiger partial charge in [-0.05, 0) is 61.0 Å². The van der Waals surface area contributed by atoms with Crippen LogP contribution in [0.1, 0.15) is 71.9 Å². The summed E-state index contributed by atoms with van der Waals surface area (Å²) in [6.45, 7) is 3.68. The predicted molar refractivity (Wildman–Crippen MR) is 164 cm³/mol. The summed E-state index contributed by atoms with van der Waals surface area (Å²) in [6.07, 6.45) is 2.73. The molecule has 6 rings (SSSR count). The molecule has 0 aliphatic carbocycles. The Balaban J connectivity index is 1.38. The van der Waals surface area contributed by atoms with E-state index in [0.717, 1.165) is 34.4 Å². The number of amides is 4. The lowest BCUT2D eigenvalue weighted by Crippen LogP contribution is -2.51. The molecule has 212 valence electrons. The lowest BCUT2D eigenvalue weighted by Gasteiger charge is -2.44. The number of nitrogens with zero attached hydrogens (tertiary/aromatic N) is 3. The molecule has 4 aromatic carbocycles. The fourth-order valence-corrected chi connectivity index (χ4v) is 6.38. The lowest BCUT2D eigenvalue weighted by molar-refractivity contribution is -0.119. The number of benzene rings is 4.